The van der Waals surface area contributed by atoms with Gasteiger partial charge < -0.3 is 15.1 Å². The molecule has 4 aliphatic rings. The molecule has 42 heavy (non-hydrogen) atoms. The van der Waals surface area contributed by atoms with Crippen LogP contribution in [0.4, 0.5) is 20.3 Å². The van der Waals surface area contributed by atoms with Crippen molar-refractivity contribution in [3.05, 3.63) is 46.9 Å². The summed E-state index contributed by atoms with van der Waals surface area (Å²) in [5.74, 6) is 0.881. The summed E-state index contributed by atoms with van der Waals surface area (Å²) in [6.45, 7) is 7.80. The second-order valence-electron chi connectivity index (χ2n) is 12.3. The van der Waals surface area contributed by atoms with E-state index in [9.17, 15) is 13.6 Å². The Hall–Kier alpha value is -3.31. The maximum Gasteiger partial charge on any atom is 0.264 e. The van der Waals surface area contributed by atoms with Crippen LogP contribution in [0.15, 0.2) is 24.5 Å². The van der Waals surface area contributed by atoms with Crippen molar-refractivity contribution in [2.75, 3.05) is 44.2 Å². The van der Waals surface area contributed by atoms with Gasteiger partial charge in [-0.2, -0.15) is 10.2 Å². The van der Waals surface area contributed by atoms with Crippen molar-refractivity contribution in [3.63, 3.8) is 0 Å². The molecule has 7 rings (SSSR count). The fourth-order valence-corrected chi connectivity index (χ4v) is 7.52. The second kappa shape index (κ2) is 11.1. The summed E-state index contributed by atoms with van der Waals surface area (Å²) in [5.41, 5.74) is 5.38. The van der Waals surface area contributed by atoms with Gasteiger partial charge in [-0.1, -0.05) is 0 Å². The van der Waals surface area contributed by atoms with Gasteiger partial charge in [0.15, 0.2) is 5.82 Å². The third kappa shape index (κ3) is 4.90. The first-order valence-electron chi connectivity index (χ1n) is 15.4. The van der Waals surface area contributed by atoms with Crippen molar-refractivity contribution in [3.8, 4) is 11.1 Å². The number of amides is 1. The lowest BCUT2D eigenvalue weighted by atomic mass is 9.92. The summed E-state index contributed by atoms with van der Waals surface area (Å²) >= 11 is 0. The zero-order valence-corrected chi connectivity index (χ0v) is 24.5. The van der Waals surface area contributed by atoms with E-state index in [1.54, 1.807) is 37.1 Å². The molecule has 0 saturated carbocycles. The summed E-state index contributed by atoms with van der Waals surface area (Å²) < 4.78 is 32.9. The Kier molecular flexibility index (Phi) is 7.26. The van der Waals surface area contributed by atoms with Crippen LogP contribution >= 0.6 is 0 Å². The van der Waals surface area contributed by atoms with E-state index >= 15 is 0 Å². The molecule has 3 aromatic rings. The molecule has 0 spiro atoms. The number of carbonyl (C=O) groups excluding carboxylic acids is 1. The van der Waals surface area contributed by atoms with E-state index in [1.807, 2.05) is 11.0 Å². The Labute approximate surface area is 245 Å². The predicted octanol–water partition coefficient (Wildman–Crippen LogP) is 4.21. The normalized spacial score (nSPS) is 21.7. The maximum atomic E-state index is 14.5. The molecule has 224 valence electrons. The van der Waals surface area contributed by atoms with E-state index < -0.39 is 6.43 Å². The van der Waals surface area contributed by atoms with E-state index in [1.165, 1.54) is 12.1 Å². The van der Waals surface area contributed by atoms with Crippen LogP contribution in [0, 0.1) is 0 Å². The summed E-state index contributed by atoms with van der Waals surface area (Å²) in [5, 5.41) is 13.0. The molecule has 2 aromatic heterocycles. The standard InChI is InChI=1S/C31H40F2N8O/c1-20(42)39-13-8-28-27(19-39)31(36-41(28)23-6-11-38(12-7-23)24-5-9-34-17-24)40-10-3-4-21-14-25(22-16-35-37(2)18-22)26(30(32)33)15-29(21)40/h14-16,18,23-24,30,34H,3-13,17,19H2,1-2H3/t24-/m1/s1. The number of hydrogen-bond acceptors (Lipinski definition) is 6. The maximum absolute atomic E-state index is 14.5. The number of nitrogens with zero attached hydrogens (tertiary/aromatic N) is 7. The lowest BCUT2D eigenvalue weighted by molar-refractivity contribution is -0.129. The molecule has 1 amide bonds. The van der Waals surface area contributed by atoms with Crippen molar-refractivity contribution in [2.45, 2.75) is 70.5 Å². The molecule has 0 aliphatic carbocycles. The number of fused-ring (bicyclic) bond motifs is 2. The van der Waals surface area contributed by atoms with Gasteiger partial charge in [0.2, 0.25) is 5.91 Å². The lowest BCUT2D eigenvalue weighted by Gasteiger charge is -2.36. The number of likely N-dealkylation sites (tertiary alicyclic amines) is 1. The summed E-state index contributed by atoms with van der Waals surface area (Å²) in [6.07, 6.45) is 6.60. The SMILES string of the molecule is CC(=O)N1CCc2c(c(N3CCCc4cc(-c5cnn(C)c5)c(C(F)F)cc43)nn2C2CCN([C@@H]3CCNC3)CC2)C1. The Balaban J connectivity index is 1.26. The topological polar surface area (TPSA) is 74.5 Å². The summed E-state index contributed by atoms with van der Waals surface area (Å²) in [6, 6.07) is 4.53. The van der Waals surface area contributed by atoms with Gasteiger partial charge in [0.1, 0.15) is 0 Å². The van der Waals surface area contributed by atoms with Crippen LogP contribution in [-0.4, -0.2) is 80.6 Å². The Morgan fingerprint density at radius 2 is 1.90 bits per heavy atom. The van der Waals surface area contributed by atoms with E-state index in [2.05, 4.69) is 24.9 Å². The highest BCUT2D eigenvalue weighted by molar-refractivity contribution is 5.78. The molecule has 0 bridgehead atoms. The number of alkyl halides is 2. The number of benzene rings is 1. The summed E-state index contributed by atoms with van der Waals surface area (Å²) in [7, 11) is 1.80. The van der Waals surface area contributed by atoms with Gasteiger partial charge in [0.05, 0.1) is 18.8 Å². The molecule has 4 aliphatic heterocycles. The van der Waals surface area contributed by atoms with Crippen molar-refractivity contribution in [2.24, 2.45) is 7.05 Å². The molecule has 11 heteroatoms. The van der Waals surface area contributed by atoms with Crippen molar-refractivity contribution < 1.29 is 13.6 Å². The van der Waals surface area contributed by atoms with Gasteiger partial charge in [-0.3, -0.25) is 19.1 Å². The van der Waals surface area contributed by atoms with Crippen LogP contribution in [0.1, 0.15) is 67.5 Å². The average Bonchev–Trinajstić information content (AvgIpc) is 3.76. The van der Waals surface area contributed by atoms with Crippen LogP contribution in [0.2, 0.25) is 0 Å². The van der Waals surface area contributed by atoms with Crippen molar-refractivity contribution in [1.82, 2.24) is 34.7 Å². The first kappa shape index (κ1) is 27.5. The number of aryl methyl sites for hydroxylation is 2. The molecule has 2 saturated heterocycles. The smallest absolute Gasteiger partial charge is 0.264 e. The Bertz CT molecular complexity index is 1470. The molecule has 1 aromatic carbocycles. The molecule has 9 nitrogen and oxygen atoms in total. The average molecular weight is 579 g/mol. The van der Waals surface area contributed by atoms with Crippen LogP contribution in [0.3, 0.4) is 0 Å². The molecule has 2 fully saturated rings. The van der Waals surface area contributed by atoms with E-state index in [-0.39, 0.29) is 11.5 Å². The number of anilines is 2. The highest BCUT2D eigenvalue weighted by Crippen LogP contribution is 2.43. The quantitative estimate of drug-likeness (QED) is 0.489. The fourth-order valence-electron chi connectivity index (χ4n) is 7.52. The predicted molar refractivity (Wildman–Crippen MR) is 157 cm³/mol. The molecular formula is C31H40F2N8O. The fraction of sp³-hybridized carbons (Fsp3) is 0.581. The highest BCUT2D eigenvalue weighted by atomic mass is 19.3. The Morgan fingerprint density at radius 3 is 2.60 bits per heavy atom. The first-order chi connectivity index (χ1) is 20.4. The van der Waals surface area contributed by atoms with Crippen molar-refractivity contribution >= 4 is 17.4 Å². The minimum atomic E-state index is -2.62. The highest BCUT2D eigenvalue weighted by Gasteiger charge is 2.35. The van der Waals surface area contributed by atoms with Crippen LogP contribution in [-0.2, 0) is 31.2 Å². The molecule has 1 atom stereocenters. The van der Waals surface area contributed by atoms with Gasteiger partial charge in [-0.15, -0.1) is 0 Å². The van der Waals surface area contributed by atoms with Crippen molar-refractivity contribution in [1.29, 1.82) is 0 Å². The van der Waals surface area contributed by atoms with Gasteiger partial charge in [-0.05, 0) is 61.9 Å². The number of carbonyl (C=O) groups is 1. The molecule has 6 heterocycles. The number of aromatic nitrogens is 4. The lowest BCUT2D eigenvalue weighted by Crippen LogP contribution is -2.43. The van der Waals surface area contributed by atoms with Gasteiger partial charge in [0.25, 0.3) is 6.43 Å². The number of rotatable bonds is 5. The number of piperidine rings is 1. The number of hydrogen-bond donors (Lipinski definition) is 1. The first-order valence-corrected chi connectivity index (χ1v) is 15.4. The zero-order valence-electron chi connectivity index (χ0n) is 24.5. The third-order valence-electron chi connectivity index (χ3n) is 9.78. The largest absolute Gasteiger partial charge is 0.338 e. The van der Waals surface area contributed by atoms with Crippen LogP contribution in [0.25, 0.3) is 11.1 Å². The van der Waals surface area contributed by atoms with E-state index in [0.717, 1.165) is 80.9 Å². The van der Waals surface area contributed by atoms with E-state index in [0.29, 0.717) is 42.8 Å². The van der Waals surface area contributed by atoms with Crippen LogP contribution in [0.5, 0.6) is 0 Å². The molecule has 0 unspecified atom stereocenters. The molecular weight excluding hydrogens is 538 g/mol. The number of halogens is 2. The minimum absolute atomic E-state index is 0.0149. The number of nitrogens with one attached hydrogen (secondary N) is 1. The van der Waals surface area contributed by atoms with E-state index in [4.69, 9.17) is 5.10 Å². The second-order valence-corrected chi connectivity index (χ2v) is 12.3. The monoisotopic (exact) mass is 578 g/mol. The van der Waals surface area contributed by atoms with Crippen LogP contribution < -0.4 is 10.2 Å². The van der Waals surface area contributed by atoms with Gasteiger partial charge in [-0.25, -0.2) is 8.78 Å². The van der Waals surface area contributed by atoms with Gasteiger partial charge in [0, 0.05) is 93.4 Å². The minimum Gasteiger partial charge on any atom is -0.338 e. The van der Waals surface area contributed by atoms with Gasteiger partial charge >= 0.3 is 0 Å². The zero-order chi connectivity index (χ0) is 29.0. The molecule has 1 N–H and O–H groups in total. The molecule has 0 radical (unpaired) electrons. The Morgan fingerprint density at radius 1 is 1.07 bits per heavy atom. The third-order valence-corrected chi connectivity index (χ3v) is 9.78. The summed E-state index contributed by atoms with van der Waals surface area (Å²) in [4.78, 5) is 19.1.